The Morgan fingerprint density at radius 1 is 1.32 bits per heavy atom. The number of nitrogens with two attached hydrogens (primary N) is 1. The van der Waals surface area contributed by atoms with Crippen LogP contribution >= 0.6 is 11.3 Å². The maximum Gasteiger partial charge on any atom is 0.350 e. The van der Waals surface area contributed by atoms with E-state index < -0.39 is 0 Å². The molecule has 0 saturated carbocycles. The van der Waals surface area contributed by atoms with Crippen LogP contribution in [-0.4, -0.2) is 17.6 Å². The number of thiazole rings is 1. The van der Waals surface area contributed by atoms with E-state index in [2.05, 4.69) is 4.98 Å². The number of carbonyl (C=O) groups is 1. The molecule has 4 nitrogen and oxygen atoms in total. The van der Waals surface area contributed by atoms with Crippen molar-refractivity contribution in [3.63, 3.8) is 0 Å². The number of nitrogens with zero attached hydrogens (tertiary/aromatic N) is 1. The third kappa shape index (κ3) is 2.93. The Labute approximate surface area is 116 Å². The van der Waals surface area contributed by atoms with Crippen LogP contribution in [0.2, 0.25) is 0 Å². The summed E-state index contributed by atoms with van der Waals surface area (Å²) in [5.41, 5.74) is 8.12. The standard InChI is InChI=1S/C14H16N2O2S/c1-3-11-12(14(17)18-4-2)19-13(16-11)9-5-7-10(15)8-6-9/h5-8H,3-4,15H2,1-2H3. The van der Waals surface area contributed by atoms with E-state index in [1.807, 2.05) is 31.2 Å². The molecule has 0 amide bonds. The number of benzene rings is 1. The van der Waals surface area contributed by atoms with E-state index in [1.165, 1.54) is 11.3 Å². The molecule has 0 atom stereocenters. The Balaban J connectivity index is 2.38. The van der Waals surface area contributed by atoms with Gasteiger partial charge in [0.1, 0.15) is 9.88 Å². The smallest absolute Gasteiger partial charge is 0.350 e. The molecule has 0 fully saturated rings. The average molecular weight is 276 g/mol. The molecule has 1 aromatic heterocycles. The van der Waals surface area contributed by atoms with Gasteiger partial charge in [0.25, 0.3) is 0 Å². The number of esters is 1. The lowest BCUT2D eigenvalue weighted by atomic mass is 10.2. The summed E-state index contributed by atoms with van der Waals surface area (Å²) < 4.78 is 5.05. The zero-order chi connectivity index (χ0) is 13.8. The number of ether oxygens (including phenoxy) is 1. The van der Waals surface area contributed by atoms with Crippen LogP contribution in [-0.2, 0) is 11.2 Å². The van der Waals surface area contributed by atoms with E-state index in [4.69, 9.17) is 10.5 Å². The van der Waals surface area contributed by atoms with Crippen LogP contribution in [0.15, 0.2) is 24.3 Å². The molecule has 5 heteroatoms. The first-order valence-corrected chi connectivity index (χ1v) is 7.00. The fourth-order valence-electron chi connectivity index (χ4n) is 1.70. The molecule has 2 aromatic rings. The first-order chi connectivity index (χ1) is 9.15. The number of hydrogen-bond acceptors (Lipinski definition) is 5. The van der Waals surface area contributed by atoms with Crippen LogP contribution < -0.4 is 5.73 Å². The summed E-state index contributed by atoms with van der Waals surface area (Å²) in [6, 6.07) is 7.46. The van der Waals surface area contributed by atoms with Crippen LogP contribution in [0.4, 0.5) is 5.69 Å². The van der Waals surface area contributed by atoms with Crippen LogP contribution in [0.3, 0.4) is 0 Å². The molecule has 1 aromatic carbocycles. The molecule has 1 heterocycles. The van der Waals surface area contributed by atoms with Gasteiger partial charge in [0.2, 0.25) is 0 Å². The first-order valence-electron chi connectivity index (χ1n) is 6.18. The van der Waals surface area contributed by atoms with Crippen molar-refractivity contribution < 1.29 is 9.53 Å². The van der Waals surface area contributed by atoms with Crippen LogP contribution in [0.1, 0.15) is 29.2 Å². The number of anilines is 1. The van der Waals surface area contributed by atoms with Gasteiger partial charge in [-0.1, -0.05) is 6.92 Å². The Morgan fingerprint density at radius 2 is 2.00 bits per heavy atom. The fourth-order valence-corrected chi connectivity index (χ4v) is 2.75. The van der Waals surface area contributed by atoms with Gasteiger partial charge in [-0.3, -0.25) is 0 Å². The van der Waals surface area contributed by atoms with Crippen molar-refractivity contribution in [2.75, 3.05) is 12.3 Å². The van der Waals surface area contributed by atoms with Crippen LogP contribution in [0.5, 0.6) is 0 Å². The normalized spacial score (nSPS) is 10.4. The lowest BCUT2D eigenvalue weighted by Crippen LogP contribution is -2.05. The molecule has 0 aliphatic rings. The summed E-state index contributed by atoms with van der Waals surface area (Å²) in [6.45, 7) is 4.15. The largest absolute Gasteiger partial charge is 0.462 e. The lowest BCUT2D eigenvalue weighted by molar-refractivity contribution is 0.0530. The highest BCUT2D eigenvalue weighted by molar-refractivity contribution is 7.17. The van der Waals surface area contributed by atoms with Gasteiger partial charge >= 0.3 is 5.97 Å². The zero-order valence-electron chi connectivity index (χ0n) is 11.0. The molecule has 100 valence electrons. The average Bonchev–Trinajstić information content (AvgIpc) is 2.84. The number of rotatable bonds is 4. The minimum Gasteiger partial charge on any atom is -0.462 e. The molecule has 19 heavy (non-hydrogen) atoms. The number of aromatic nitrogens is 1. The lowest BCUT2D eigenvalue weighted by Gasteiger charge is -1.99. The first kappa shape index (κ1) is 13.5. The molecule has 0 aliphatic carbocycles. The van der Waals surface area contributed by atoms with Crippen molar-refractivity contribution in [2.45, 2.75) is 20.3 Å². The third-order valence-corrected chi connectivity index (χ3v) is 3.78. The highest BCUT2D eigenvalue weighted by atomic mass is 32.1. The Kier molecular flexibility index (Phi) is 4.16. The number of carbonyl (C=O) groups excluding carboxylic acids is 1. The minimum atomic E-state index is -0.293. The Morgan fingerprint density at radius 3 is 2.58 bits per heavy atom. The maximum atomic E-state index is 11.9. The summed E-state index contributed by atoms with van der Waals surface area (Å²) in [4.78, 5) is 17.0. The van der Waals surface area contributed by atoms with E-state index in [-0.39, 0.29) is 5.97 Å². The van der Waals surface area contributed by atoms with Crippen molar-refractivity contribution in [1.82, 2.24) is 4.98 Å². The van der Waals surface area contributed by atoms with Gasteiger partial charge in [-0.25, -0.2) is 9.78 Å². The van der Waals surface area contributed by atoms with E-state index in [1.54, 1.807) is 6.92 Å². The predicted molar refractivity (Wildman–Crippen MR) is 77.3 cm³/mol. The topological polar surface area (TPSA) is 65.2 Å². The fraction of sp³-hybridized carbons (Fsp3) is 0.286. The van der Waals surface area contributed by atoms with Gasteiger partial charge in [0.05, 0.1) is 12.3 Å². The molecule has 0 bridgehead atoms. The number of nitrogen functional groups attached to an aromatic ring is 1. The van der Waals surface area contributed by atoms with E-state index in [0.29, 0.717) is 23.6 Å². The van der Waals surface area contributed by atoms with Crippen molar-refractivity contribution in [3.8, 4) is 10.6 Å². The predicted octanol–water partition coefficient (Wildman–Crippen LogP) is 3.13. The highest BCUT2D eigenvalue weighted by Crippen LogP contribution is 2.29. The molecular weight excluding hydrogens is 260 g/mol. The summed E-state index contributed by atoms with van der Waals surface area (Å²) in [5, 5.41) is 0.819. The molecule has 0 spiro atoms. The van der Waals surface area contributed by atoms with Gasteiger partial charge in [-0.15, -0.1) is 11.3 Å². The zero-order valence-corrected chi connectivity index (χ0v) is 11.8. The Hall–Kier alpha value is -1.88. The molecule has 0 saturated heterocycles. The second kappa shape index (κ2) is 5.84. The van der Waals surface area contributed by atoms with Gasteiger partial charge in [-0.2, -0.15) is 0 Å². The summed E-state index contributed by atoms with van der Waals surface area (Å²) in [7, 11) is 0. The molecule has 2 rings (SSSR count). The van der Waals surface area contributed by atoms with Gasteiger partial charge in [-0.05, 0) is 37.6 Å². The van der Waals surface area contributed by atoms with Crippen LogP contribution in [0, 0.1) is 0 Å². The molecular formula is C14H16N2O2S. The van der Waals surface area contributed by atoms with Crippen LogP contribution in [0.25, 0.3) is 10.6 Å². The van der Waals surface area contributed by atoms with Crippen molar-refractivity contribution in [2.24, 2.45) is 0 Å². The van der Waals surface area contributed by atoms with E-state index in [0.717, 1.165) is 16.3 Å². The quantitative estimate of drug-likeness (QED) is 0.688. The highest BCUT2D eigenvalue weighted by Gasteiger charge is 2.18. The van der Waals surface area contributed by atoms with Gasteiger partial charge < -0.3 is 10.5 Å². The molecule has 0 unspecified atom stereocenters. The molecule has 0 aliphatic heterocycles. The van der Waals surface area contributed by atoms with Crippen molar-refractivity contribution in [1.29, 1.82) is 0 Å². The van der Waals surface area contributed by atoms with Gasteiger partial charge in [0, 0.05) is 11.3 Å². The minimum absolute atomic E-state index is 0.293. The maximum absolute atomic E-state index is 11.9. The second-order valence-corrected chi connectivity index (χ2v) is 4.99. The monoisotopic (exact) mass is 276 g/mol. The van der Waals surface area contributed by atoms with E-state index >= 15 is 0 Å². The number of aryl methyl sites for hydroxylation is 1. The van der Waals surface area contributed by atoms with Crippen molar-refractivity contribution >= 4 is 23.0 Å². The second-order valence-electron chi connectivity index (χ2n) is 3.99. The Bertz CT molecular complexity index is 576. The molecule has 0 radical (unpaired) electrons. The summed E-state index contributed by atoms with van der Waals surface area (Å²) >= 11 is 1.36. The molecule has 2 N–H and O–H groups in total. The number of hydrogen-bond donors (Lipinski definition) is 1. The SMILES string of the molecule is CCOC(=O)c1sc(-c2ccc(N)cc2)nc1CC. The summed E-state index contributed by atoms with van der Waals surface area (Å²) in [6.07, 6.45) is 0.708. The van der Waals surface area contributed by atoms with Crippen molar-refractivity contribution in [3.05, 3.63) is 34.8 Å². The third-order valence-electron chi connectivity index (χ3n) is 2.65. The van der Waals surface area contributed by atoms with E-state index in [9.17, 15) is 4.79 Å². The van der Waals surface area contributed by atoms with Gasteiger partial charge in [0.15, 0.2) is 0 Å². The summed E-state index contributed by atoms with van der Waals surface area (Å²) in [5.74, 6) is -0.293.